The molecule has 1 aliphatic rings. The van der Waals surface area contributed by atoms with Crippen molar-refractivity contribution in [3.8, 4) is 5.75 Å². The number of Topliss-reactive ketones (excluding diaryl/α,β-unsaturated/α-hetero) is 1. The Labute approximate surface area is 138 Å². The molecule has 1 saturated heterocycles. The lowest BCUT2D eigenvalue weighted by atomic mass is 10.0. The van der Waals surface area contributed by atoms with Gasteiger partial charge in [0, 0.05) is 18.7 Å². The molecule has 0 aromatic heterocycles. The van der Waals surface area contributed by atoms with Crippen molar-refractivity contribution < 1.29 is 27.0 Å². The van der Waals surface area contributed by atoms with Crippen molar-refractivity contribution >= 4 is 5.78 Å². The molecular weight excluding hydrogens is 302 g/mol. The van der Waals surface area contributed by atoms with E-state index in [2.05, 4.69) is 11.8 Å². The molecule has 2 unspecified atom stereocenters. The molecule has 1 fully saturated rings. The lowest BCUT2D eigenvalue weighted by Crippen LogP contribution is -3.00. The third kappa shape index (κ3) is 5.95. The molecule has 1 aromatic carbocycles. The number of benzene rings is 1. The smallest absolute Gasteiger partial charge is 0.159 e. The first-order valence-corrected chi connectivity index (χ1v) is 7.69. The third-order valence-corrected chi connectivity index (χ3v) is 3.91. The normalized spacial score (nSPS) is 20.0. The summed E-state index contributed by atoms with van der Waals surface area (Å²) in [5.74, 6) is 1.44. The van der Waals surface area contributed by atoms with Crippen LogP contribution in [0, 0.1) is 5.92 Å². The Kier molecular flexibility index (Phi) is 7.87. The van der Waals surface area contributed by atoms with Crippen LogP contribution in [-0.4, -0.2) is 48.1 Å². The van der Waals surface area contributed by atoms with Gasteiger partial charge in [-0.3, -0.25) is 4.79 Å². The molecule has 1 aliphatic heterocycles. The number of rotatable bonds is 6. The van der Waals surface area contributed by atoms with Crippen molar-refractivity contribution in [2.75, 3.05) is 26.2 Å². The number of aliphatic hydroxyl groups excluding tert-OH is 1. The minimum atomic E-state index is -0.484. The monoisotopic (exact) mass is 326 g/mol. The zero-order valence-corrected chi connectivity index (χ0v) is 14.1. The van der Waals surface area contributed by atoms with Gasteiger partial charge in [-0.1, -0.05) is 6.92 Å². The number of nitrogens with zero attached hydrogens (tertiary/aromatic N) is 1. The molecule has 0 bridgehead atoms. The van der Waals surface area contributed by atoms with E-state index in [-0.39, 0.29) is 24.8 Å². The van der Waals surface area contributed by atoms with Crippen LogP contribution >= 0.6 is 0 Å². The minimum absolute atomic E-state index is 0. The first-order chi connectivity index (χ1) is 10.0. The summed E-state index contributed by atoms with van der Waals surface area (Å²) in [4.78, 5) is 13.5. The van der Waals surface area contributed by atoms with Gasteiger partial charge in [-0.15, -0.1) is 0 Å². The Hall–Kier alpha value is -1.10. The maximum Gasteiger partial charge on any atom is 0.159 e. The highest BCUT2D eigenvalue weighted by Gasteiger charge is 2.19. The van der Waals surface area contributed by atoms with Gasteiger partial charge in [-0.25, -0.2) is 0 Å². The van der Waals surface area contributed by atoms with Gasteiger partial charge in [0.25, 0.3) is 0 Å². The van der Waals surface area contributed by atoms with Crippen LogP contribution in [0.2, 0.25) is 0 Å². The highest BCUT2D eigenvalue weighted by atomic mass is 35.5. The van der Waals surface area contributed by atoms with Crippen molar-refractivity contribution in [2.45, 2.75) is 32.8 Å². The van der Waals surface area contributed by atoms with E-state index in [0.29, 0.717) is 23.8 Å². The van der Waals surface area contributed by atoms with E-state index >= 15 is 0 Å². The molecule has 0 amide bonds. The standard InChI is InChI=1S/C17H25NO3.ClH/c1-13-4-3-9-18(10-13)11-16(20)12-21-17-7-5-15(6-8-17)14(2)19;/h5-8,13,16,20H,3-4,9-12H2,1-2H3;1H/p-1. The van der Waals surface area contributed by atoms with Crippen molar-refractivity contribution in [1.29, 1.82) is 0 Å². The molecule has 22 heavy (non-hydrogen) atoms. The Morgan fingerprint density at radius 1 is 1.41 bits per heavy atom. The van der Waals surface area contributed by atoms with Gasteiger partial charge in [-0.2, -0.15) is 0 Å². The Balaban J connectivity index is 0.00000242. The summed E-state index contributed by atoms with van der Waals surface area (Å²) < 4.78 is 5.58. The van der Waals surface area contributed by atoms with E-state index in [1.165, 1.54) is 12.8 Å². The van der Waals surface area contributed by atoms with E-state index in [1.807, 2.05) is 0 Å². The van der Waals surface area contributed by atoms with E-state index in [4.69, 9.17) is 4.74 Å². The summed E-state index contributed by atoms with van der Waals surface area (Å²) in [6, 6.07) is 7.03. The van der Waals surface area contributed by atoms with Gasteiger partial charge in [0.2, 0.25) is 0 Å². The summed E-state index contributed by atoms with van der Waals surface area (Å²) in [6.45, 7) is 6.87. The number of likely N-dealkylation sites (tertiary alicyclic amines) is 1. The van der Waals surface area contributed by atoms with Crippen LogP contribution in [0.4, 0.5) is 0 Å². The Morgan fingerprint density at radius 2 is 2.09 bits per heavy atom. The molecule has 1 heterocycles. The maximum absolute atomic E-state index is 11.2. The highest BCUT2D eigenvalue weighted by molar-refractivity contribution is 5.94. The SMILES string of the molecule is CC(=O)c1ccc(OCC(O)CN2CCCC(C)C2)cc1.[Cl-]. The fourth-order valence-corrected chi connectivity index (χ4v) is 2.78. The van der Waals surface area contributed by atoms with Crippen LogP contribution < -0.4 is 17.1 Å². The van der Waals surface area contributed by atoms with Crippen molar-refractivity contribution in [3.05, 3.63) is 29.8 Å². The number of β-amino-alcohol motifs (C(OH)–C–C–N with tert-alkyl or cyclic N) is 1. The van der Waals surface area contributed by atoms with Crippen LogP contribution in [0.15, 0.2) is 24.3 Å². The Morgan fingerprint density at radius 3 is 2.68 bits per heavy atom. The molecule has 0 aliphatic carbocycles. The number of ketones is 1. The van der Waals surface area contributed by atoms with Gasteiger partial charge < -0.3 is 27.2 Å². The summed E-state index contributed by atoms with van der Waals surface area (Å²) in [7, 11) is 0. The van der Waals surface area contributed by atoms with Crippen LogP contribution in [0.25, 0.3) is 0 Å². The maximum atomic E-state index is 11.2. The van der Waals surface area contributed by atoms with E-state index in [1.54, 1.807) is 31.2 Å². The molecule has 1 aromatic rings. The van der Waals surface area contributed by atoms with E-state index < -0.39 is 6.10 Å². The number of hydrogen-bond acceptors (Lipinski definition) is 4. The van der Waals surface area contributed by atoms with Crippen LogP contribution in [0.5, 0.6) is 5.75 Å². The Bertz CT molecular complexity index is 463. The van der Waals surface area contributed by atoms with E-state index in [9.17, 15) is 9.90 Å². The highest BCUT2D eigenvalue weighted by Crippen LogP contribution is 2.16. The van der Waals surface area contributed by atoms with Gasteiger partial charge in [-0.05, 0) is 56.5 Å². The number of piperidine rings is 1. The fraction of sp³-hybridized carbons (Fsp3) is 0.588. The summed E-state index contributed by atoms with van der Waals surface area (Å²) in [5, 5.41) is 10.1. The molecule has 0 spiro atoms. The number of ether oxygens (including phenoxy) is 1. The van der Waals surface area contributed by atoms with Crippen molar-refractivity contribution in [1.82, 2.24) is 4.90 Å². The lowest BCUT2D eigenvalue weighted by molar-refractivity contribution is -0.0000153. The summed E-state index contributed by atoms with van der Waals surface area (Å²) in [5.41, 5.74) is 0.671. The van der Waals surface area contributed by atoms with Crippen molar-refractivity contribution in [3.63, 3.8) is 0 Å². The summed E-state index contributed by atoms with van der Waals surface area (Å²) >= 11 is 0. The predicted octanol–water partition coefficient (Wildman–Crippen LogP) is -0.635. The number of carbonyl (C=O) groups is 1. The van der Waals surface area contributed by atoms with Gasteiger partial charge in [0.1, 0.15) is 18.5 Å². The van der Waals surface area contributed by atoms with Crippen molar-refractivity contribution in [2.24, 2.45) is 5.92 Å². The second kappa shape index (κ2) is 9.13. The molecule has 2 rings (SSSR count). The third-order valence-electron chi connectivity index (χ3n) is 3.91. The topological polar surface area (TPSA) is 49.8 Å². The van der Waals surface area contributed by atoms with Gasteiger partial charge in [0.15, 0.2) is 5.78 Å². The van der Waals surface area contributed by atoms with Crippen LogP contribution in [-0.2, 0) is 0 Å². The van der Waals surface area contributed by atoms with Gasteiger partial charge in [0.05, 0.1) is 0 Å². The second-order valence-corrected chi connectivity index (χ2v) is 6.05. The molecule has 5 heteroatoms. The molecular formula is C17H25ClNO3-. The number of hydrogen-bond donors (Lipinski definition) is 1. The number of halogens is 1. The average Bonchev–Trinajstić information content (AvgIpc) is 2.45. The minimum Gasteiger partial charge on any atom is -1.00 e. The molecule has 0 saturated carbocycles. The lowest BCUT2D eigenvalue weighted by Gasteiger charge is -2.32. The largest absolute Gasteiger partial charge is 1.00 e. The molecule has 4 nitrogen and oxygen atoms in total. The number of carbonyl (C=O) groups excluding carboxylic acids is 1. The first kappa shape index (κ1) is 18.9. The fourth-order valence-electron chi connectivity index (χ4n) is 2.78. The van der Waals surface area contributed by atoms with Crippen LogP contribution in [0.1, 0.15) is 37.0 Å². The van der Waals surface area contributed by atoms with E-state index in [0.717, 1.165) is 13.1 Å². The zero-order chi connectivity index (χ0) is 15.2. The van der Waals surface area contributed by atoms with Crippen LogP contribution in [0.3, 0.4) is 0 Å². The number of aliphatic hydroxyl groups is 1. The summed E-state index contributed by atoms with van der Waals surface area (Å²) in [6.07, 6.45) is 2.01. The second-order valence-electron chi connectivity index (χ2n) is 6.05. The molecule has 124 valence electrons. The molecule has 1 N–H and O–H groups in total. The predicted molar refractivity (Wildman–Crippen MR) is 82.8 cm³/mol. The quantitative estimate of drug-likeness (QED) is 0.707. The zero-order valence-electron chi connectivity index (χ0n) is 13.3. The first-order valence-electron chi connectivity index (χ1n) is 7.69. The van der Waals surface area contributed by atoms with Gasteiger partial charge >= 0.3 is 0 Å². The molecule has 2 atom stereocenters. The average molecular weight is 327 g/mol. The molecule has 0 radical (unpaired) electrons.